The molecule has 0 bridgehead atoms. The Labute approximate surface area is 153 Å². The number of rotatable bonds is 3. The Balaban J connectivity index is 1.53. The number of aliphatic hydroxyl groups is 1. The first-order valence-corrected chi connectivity index (χ1v) is 8.64. The van der Waals surface area contributed by atoms with E-state index in [9.17, 15) is 18.3 Å². The second kappa shape index (κ2) is 6.61. The number of aromatic nitrogens is 1. The predicted molar refractivity (Wildman–Crippen MR) is 93.6 cm³/mol. The maximum absolute atomic E-state index is 13.4. The van der Waals surface area contributed by atoms with Crippen LogP contribution in [0.2, 0.25) is 5.02 Å². The van der Waals surface area contributed by atoms with E-state index >= 15 is 0 Å². The van der Waals surface area contributed by atoms with Gasteiger partial charge in [-0.15, -0.1) is 0 Å². The van der Waals surface area contributed by atoms with Gasteiger partial charge in [0.2, 0.25) is 0 Å². The molecule has 2 aromatic carbocycles. The number of aliphatic hydroxyl groups excluding tert-OH is 1. The first kappa shape index (κ1) is 17.4. The number of nitrogens with one attached hydrogen (secondary N) is 1. The lowest BCUT2D eigenvalue weighted by molar-refractivity contribution is 0.105. The first-order valence-electron chi connectivity index (χ1n) is 8.26. The molecule has 0 amide bonds. The van der Waals surface area contributed by atoms with Crippen LogP contribution in [0, 0.1) is 17.5 Å². The maximum atomic E-state index is 13.4. The molecule has 0 aliphatic carbocycles. The molecule has 0 saturated carbocycles. The van der Waals surface area contributed by atoms with Gasteiger partial charge >= 0.3 is 0 Å². The molecule has 1 aromatic heterocycles. The number of H-pyrrole nitrogens is 1. The number of halogens is 4. The van der Waals surface area contributed by atoms with Crippen molar-refractivity contribution < 1.29 is 18.3 Å². The Morgan fingerprint density at radius 1 is 1.15 bits per heavy atom. The Bertz CT molecular complexity index is 965. The Morgan fingerprint density at radius 3 is 2.62 bits per heavy atom. The molecule has 26 heavy (non-hydrogen) atoms. The fraction of sp³-hybridized carbons (Fsp3) is 0.263. The molecule has 4 rings (SSSR count). The highest BCUT2D eigenvalue weighted by Gasteiger charge is 2.24. The number of aromatic amines is 1. The summed E-state index contributed by atoms with van der Waals surface area (Å²) in [7, 11) is 0. The highest BCUT2D eigenvalue weighted by Crippen LogP contribution is 2.30. The highest BCUT2D eigenvalue weighted by molar-refractivity contribution is 6.31. The molecule has 0 fully saturated rings. The summed E-state index contributed by atoms with van der Waals surface area (Å²) in [5.74, 6) is -4.12. The molecule has 0 saturated heterocycles. The molecule has 2 N–H and O–H groups in total. The van der Waals surface area contributed by atoms with Gasteiger partial charge in [0.25, 0.3) is 0 Å². The topological polar surface area (TPSA) is 39.3 Å². The summed E-state index contributed by atoms with van der Waals surface area (Å²) in [6.45, 7) is 1.46. The van der Waals surface area contributed by atoms with Crippen LogP contribution < -0.4 is 0 Å². The van der Waals surface area contributed by atoms with Gasteiger partial charge in [-0.25, -0.2) is 13.2 Å². The van der Waals surface area contributed by atoms with Crippen molar-refractivity contribution in [2.75, 3.05) is 13.1 Å². The molecule has 2 heterocycles. The Kier molecular flexibility index (Phi) is 4.42. The minimum atomic E-state index is -1.53. The smallest absolute Gasteiger partial charge is 0.194 e. The summed E-state index contributed by atoms with van der Waals surface area (Å²) < 4.78 is 39.8. The summed E-state index contributed by atoms with van der Waals surface area (Å²) in [6.07, 6.45) is -0.339. The van der Waals surface area contributed by atoms with E-state index in [1.807, 2.05) is 23.1 Å². The lowest BCUT2D eigenvalue weighted by atomic mass is 10.0. The number of hydrogen-bond acceptors (Lipinski definition) is 2. The van der Waals surface area contributed by atoms with Crippen LogP contribution in [-0.2, 0) is 13.0 Å². The first-order chi connectivity index (χ1) is 12.4. The van der Waals surface area contributed by atoms with Gasteiger partial charge in [-0.1, -0.05) is 11.6 Å². The molecular weight excluding hydrogens is 365 g/mol. The molecule has 136 valence electrons. The summed E-state index contributed by atoms with van der Waals surface area (Å²) in [5.41, 5.74) is 3.27. The van der Waals surface area contributed by atoms with Crippen LogP contribution in [0.1, 0.15) is 22.9 Å². The van der Waals surface area contributed by atoms with E-state index < -0.39 is 23.6 Å². The lowest BCUT2D eigenvalue weighted by Gasteiger charge is -2.29. The average Bonchev–Trinajstić information content (AvgIpc) is 2.96. The van der Waals surface area contributed by atoms with E-state index in [2.05, 4.69) is 4.98 Å². The van der Waals surface area contributed by atoms with E-state index in [0.29, 0.717) is 18.1 Å². The van der Waals surface area contributed by atoms with Gasteiger partial charge in [0.05, 0.1) is 6.10 Å². The van der Waals surface area contributed by atoms with Crippen LogP contribution in [0.4, 0.5) is 13.2 Å². The molecule has 3 aromatic rings. The zero-order valence-electron chi connectivity index (χ0n) is 13.7. The van der Waals surface area contributed by atoms with Crippen molar-refractivity contribution in [2.24, 2.45) is 0 Å². The average molecular weight is 381 g/mol. The summed E-state index contributed by atoms with van der Waals surface area (Å²) in [6, 6.07) is 7.36. The SMILES string of the molecule is OC(CN1CCc2c([nH]c3ccc(Cl)cc23)C1)c1cc(F)c(F)c(F)c1. The van der Waals surface area contributed by atoms with Crippen LogP contribution in [0.15, 0.2) is 30.3 Å². The highest BCUT2D eigenvalue weighted by atomic mass is 35.5. The van der Waals surface area contributed by atoms with Gasteiger partial charge in [0.15, 0.2) is 17.5 Å². The van der Waals surface area contributed by atoms with Gasteiger partial charge < -0.3 is 10.1 Å². The molecule has 0 spiro atoms. The monoisotopic (exact) mass is 380 g/mol. The van der Waals surface area contributed by atoms with Crippen LogP contribution in [0.3, 0.4) is 0 Å². The van der Waals surface area contributed by atoms with Gasteiger partial charge in [-0.2, -0.15) is 0 Å². The normalized spacial score (nSPS) is 16.0. The summed E-state index contributed by atoms with van der Waals surface area (Å²) in [5, 5.41) is 12.1. The number of hydrogen-bond donors (Lipinski definition) is 2. The van der Waals surface area contributed by atoms with Crippen LogP contribution in [0.5, 0.6) is 0 Å². The van der Waals surface area contributed by atoms with Crippen LogP contribution >= 0.6 is 11.6 Å². The van der Waals surface area contributed by atoms with Gasteiger partial charge in [0.1, 0.15) is 0 Å². The second-order valence-corrected chi connectivity index (χ2v) is 7.01. The number of fused-ring (bicyclic) bond motifs is 3. The maximum Gasteiger partial charge on any atom is 0.194 e. The summed E-state index contributed by atoms with van der Waals surface area (Å²) >= 11 is 6.07. The van der Waals surface area contributed by atoms with Crippen molar-refractivity contribution in [1.82, 2.24) is 9.88 Å². The molecule has 3 nitrogen and oxygen atoms in total. The third-order valence-electron chi connectivity index (χ3n) is 4.84. The number of benzene rings is 2. The van der Waals surface area contributed by atoms with Crippen molar-refractivity contribution in [2.45, 2.75) is 19.1 Å². The van der Waals surface area contributed by atoms with Crippen molar-refractivity contribution in [3.05, 3.63) is 69.6 Å². The minimum Gasteiger partial charge on any atom is -0.387 e. The van der Waals surface area contributed by atoms with Gasteiger partial charge in [0, 0.05) is 41.3 Å². The Hall–Kier alpha value is -2.02. The van der Waals surface area contributed by atoms with E-state index in [0.717, 1.165) is 35.2 Å². The molecular formula is C19H16ClF3N2O. The minimum absolute atomic E-state index is 0.0237. The fourth-order valence-corrected chi connectivity index (χ4v) is 3.71. The quantitative estimate of drug-likeness (QED) is 0.664. The van der Waals surface area contributed by atoms with E-state index in [1.54, 1.807) is 0 Å². The standard InChI is InChI=1S/C19H16ClF3N2O/c20-11-1-2-16-13(7-11)12-3-4-25(8-17(12)24-16)9-18(26)10-5-14(21)19(23)15(22)6-10/h1-2,5-7,18,24,26H,3-4,8-9H2. The van der Waals surface area contributed by atoms with Crippen LogP contribution in [-0.4, -0.2) is 28.1 Å². The molecule has 1 atom stereocenters. The van der Waals surface area contributed by atoms with Crippen molar-refractivity contribution >= 4 is 22.5 Å². The summed E-state index contributed by atoms with van der Waals surface area (Å²) in [4.78, 5) is 5.35. The van der Waals surface area contributed by atoms with Crippen molar-refractivity contribution in [3.8, 4) is 0 Å². The van der Waals surface area contributed by atoms with Gasteiger partial charge in [-0.3, -0.25) is 4.90 Å². The second-order valence-electron chi connectivity index (χ2n) is 6.57. The molecule has 1 unspecified atom stereocenters. The zero-order valence-corrected chi connectivity index (χ0v) is 14.5. The lowest BCUT2D eigenvalue weighted by Crippen LogP contribution is -2.34. The molecule has 7 heteroatoms. The van der Waals surface area contributed by atoms with Crippen molar-refractivity contribution in [1.29, 1.82) is 0 Å². The van der Waals surface area contributed by atoms with E-state index in [-0.39, 0.29) is 12.1 Å². The molecule has 1 aliphatic rings. The number of nitrogens with zero attached hydrogens (tertiary/aromatic N) is 1. The predicted octanol–water partition coefficient (Wildman–Crippen LogP) is 4.33. The van der Waals surface area contributed by atoms with Crippen molar-refractivity contribution in [3.63, 3.8) is 0 Å². The van der Waals surface area contributed by atoms with E-state index in [4.69, 9.17) is 11.6 Å². The molecule has 1 aliphatic heterocycles. The Morgan fingerprint density at radius 2 is 1.88 bits per heavy atom. The zero-order chi connectivity index (χ0) is 18.4. The molecule has 0 radical (unpaired) electrons. The third-order valence-corrected chi connectivity index (χ3v) is 5.07. The largest absolute Gasteiger partial charge is 0.387 e. The van der Waals surface area contributed by atoms with Crippen LogP contribution in [0.25, 0.3) is 10.9 Å². The van der Waals surface area contributed by atoms with Gasteiger partial charge in [-0.05, 0) is 47.9 Å². The fourth-order valence-electron chi connectivity index (χ4n) is 3.54. The number of β-amino-alcohol motifs (C(OH)–C–C–N with tert-alkyl or cyclic N) is 1. The third kappa shape index (κ3) is 3.09. The van der Waals surface area contributed by atoms with E-state index in [1.165, 1.54) is 5.56 Å².